The molecule has 15 nitrogen and oxygen atoms in total. The van der Waals surface area contributed by atoms with Crippen molar-refractivity contribution in [2.75, 3.05) is 19.8 Å². The first kappa shape index (κ1) is 42.2. The van der Waals surface area contributed by atoms with Gasteiger partial charge in [-0.05, 0) is 81.0 Å². The van der Waals surface area contributed by atoms with E-state index in [1.165, 1.54) is 34.1 Å². The third-order valence-electron chi connectivity index (χ3n) is 10.8. The predicted octanol–water partition coefficient (Wildman–Crippen LogP) is 4.84. The van der Waals surface area contributed by atoms with Crippen molar-refractivity contribution in [3.63, 3.8) is 0 Å². The van der Waals surface area contributed by atoms with Gasteiger partial charge in [-0.2, -0.15) is 0 Å². The van der Waals surface area contributed by atoms with Crippen molar-refractivity contribution < 1.29 is 46.6 Å². The van der Waals surface area contributed by atoms with Gasteiger partial charge in [-0.1, -0.05) is 54.4 Å². The molecule has 0 radical (unpaired) electrons. The van der Waals surface area contributed by atoms with E-state index in [0.717, 1.165) is 11.1 Å². The summed E-state index contributed by atoms with van der Waals surface area (Å²) in [5.41, 5.74) is -0.851. The molecule has 1 saturated carbocycles. The number of hydrogen-bond acceptors (Lipinski definition) is 10. The Morgan fingerprint density at radius 1 is 1.07 bits per heavy atom. The molecule has 1 saturated heterocycles. The van der Waals surface area contributed by atoms with E-state index in [-0.39, 0.29) is 50.4 Å². The summed E-state index contributed by atoms with van der Waals surface area (Å²) in [6, 6.07) is 8.15. The van der Waals surface area contributed by atoms with Crippen molar-refractivity contribution in [2.24, 2.45) is 5.92 Å². The monoisotopic (exact) mass is 847 g/mol. The Hall–Kier alpha value is -4.38. The number of benzene rings is 2. The largest absolute Gasteiger partial charge is 0.444 e. The lowest BCUT2D eigenvalue weighted by Gasteiger charge is -2.30. The summed E-state index contributed by atoms with van der Waals surface area (Å²) in [4.78, 5) is 71.9. The molecule has 1 aliphatic carbocycles. The van der Waals surface area contributed by atoms with Crippen LogP contribution >= 0.6 is 23.2 Å². The van der Waals surface area contributed by atoms with Crippen LogP contribution in [0.4, 0.5) is 9.59 Å². The van der Waals surface area contributed by atoms with Crippen LogP contribution in [0.5, 0.6) is 0 Å². The molecule has 5 atom stereocenters. The minimum Gasteiger partial charge on any atom is -0.444 e. The molecule has 3 heterocycles. The van der Waals surface area contributed by atoms with Gasteiger partial charge in [-0.3, -0.25) is 19.3 Å². The van der Waals surface area contributed by atoms with Gasteiger partial charge in [0.2, 0.25) is 11.8 Å². The quantitative estimate of drug-likeness (QED) is 0.326. The number of nitrogens with zero attached hydrogens (tertiary/aromatic N) is 2. The maximum Gasteiger partial charge on any atom is 0.410 e. The first-order chi connectivity index (χ1) is 27.0. The summed E-state index contributed by atoms with van der Waals surface area (Å²) in [6.07, 6.45) is 2.73. The van der Waals surface area contributed by atoms with Crippen LogP contribution in [-0.2, 0) is 51.7 Å². The number of nitrogens with one attached hydrogen (secondary N) is 3. The number of hydrogen-bond donors (Lipinski definition) is 3. The van der Waals surface area contributed by atoms with Crippen LogP contribution in [-0.4, -0.2) is 97.2 Å². The Morgan fingerprint density at radius 2 is 1.82 bits per heavy atom. The summed E-state index contributed by atoms with van der Waals surface area (Å²) in [5.74, 6) is -2.97. The Bertz CT molecular complexity index is 2030. The second-order valence-corrected chi connectivity index (χ2v) is 17.8. The molecule has 0 bridgehead atoms. The van der Waals surface area contributed by atoms with Gasteiger partial charge in [0.1, 0.15) is 29.3 Å². The van der Waals surface area contributed by atoms with E-state index in [4.69, 9.17) is 37.4 Å². The lowest BCUT2D eigenvalue weighted by atomic mass is 10.1. The fourth-order valence-electron chi connectivity index (χ4n) is 7.09. The highest BCUT2D eigenvalue weighted by Gasteiger charge is 2.61. The number of rotatable bonds is 7. The van der Waals surface area contributed by atoms with Crippen molar-refractivity contribution in [3.8, 4) is 0 Å². The van der Waals surface area contributed by atoms with Gasteiger partial charge >= 0.3 is 12.2 Å². The lowest BCUT2D eigenvalue weighted by molar-refractivity contribution is -0.141. The summed E-state index contributed by atoms with van der Waals surface area (Å²) in [5, 5.41) is 6.25. The van der Waals surface area contributed by atoms with E-state index < -0.39 is 75.2 Å². The Morgan fingerprint density at radius 3 is 2.54 bits per heavy atom. The maximum absolute atomic E-state index is 14.5. The first-order valence-electron chi connectivity index (χ1n) is 18.9. The van der Waals surface area contributed by atoms with E-state index in [1.807, 2.05) is 19.1 Å². The average Bonchev–Trinajstić information content (AvgIpc) is 3.45. The minimum atomic E-state index is -4.37. The Labute approximate surface area is 341 Å². The second kappa shape index (κ2) is 17.2. The smallest absolute Gasteiger partial charge is 0.410 e. The van der Waals surface area contributed by atoms with Gasteiger partial charge < -0.3 is 29.7 Å². The number of fused-ring (bicyclic) bond motifs is 3. The molecule has 0 unspecified atom stereocenters. The zero-order valence-electron chi connectivity index (χ0n) is 31.9. The van der Waals surface area contributed by atoms with Crippen LogP contribution in [0.2, 0.25) is 10.0 Å². The zero-order valence-corrected chi connectivity index (χ0v) is 34.3. The van der Waals surface area contributed by atoms with E-state index in [2.05, 4.69) is 15.4 Å². The Kier molecular flexibility index (Phi) is 12.8. The molecule has 2 fully saturated rings. The molecule has 0 aromatic heterocycles. The number of sulfonamides is 1. The predicted molar refractivity (Wildman–Crippen MR) is 208 cm³/mol. The summed E-state index contributed by atoms with van der Waals surface area (Å²) in [7, 11) is -4.37. The topological polar surface area (TPSA) is 190 Å². The first-order valence-corrected chi connectivity index (χ1v) is 21.2. The number of amides is 5. The van der Waals surface area contributed by atoms with Crippen molar-refractivity contribution >= 4 is 63.1 Å². The van der Waals surface area contributed by atoms with E-state index in [0.29, 0.717) is 35.9 Å². The van der Waals surface area contributed by atoms with Crippen LogP contribution in [0.25, 0.3) is 0 Å². The molecule has 3 N–H and O–H groups in total. The van der Waals surface area contributed by atoms with Gasteiger partial charge in [0.15, 0.2) is 0 Å². The third kappa shape index (κ3) is 9.85. The number of halogens is 2. The van der Waals surface area contributed by atoms with Crippen molar-refractivity contribution in [3.05, 3.63) is 75.8 Å². The third-order valence-corrected chi connectivity index (χ3v) is 12.8. The second-order valence-electron chi connectivity index (χ2n) is 15.3. The number of ether oxygens (including phenoxy) is 3. The molecule has 3 aliphatic heterocycles. The highest BCUT2D eigenvalue weighted by Crippen LogP contribution is 2.46. The molecule has 57 heavy (non-hydrogen) atoms. The SMILES string of the molecule is CCC(C)(C)OC(=O)N[C@H]1CCOCCC/C=C\[C@H]2C[C@@]2(C(=O)NS(=O)(=O)c2ccc(Cl)cc2)NC(=O)[C@@H]2C[C@@H](OC(=O)N3Cc4cccc(Cl)c4C3)CN2C1=O. The molecule has 6 rings (SSSR count). The van der Waals surface area contributed by atoms with E-state index in [9.17, 15) is 32.4 Å². The van der Waals surface area contributed by atoms with Crippen molar-refractivity contribution in [1.82, 2.24) is 25.2 Å². The zero-order chi connectivity index (χ0) is 41.1. The van der Waals surface area contributed by atoms with Crippen LogP contribution in [0, 0.1) is 5.92 Å². The molecule has 18 heteroatoms. The van der Waals surface area contributed by atoms with E-state index in [1.54, 1.807) is 32.1 Å². The minimum absolute atomic E-state index is 0.0371. The molecular weight excluding hydrogens is 801 g/mol. The van der Waals surface area contributed by atoms with Crippen LogP contribution < -0.4 is 15.4 Å². The van der Waals surface area contributed by atoms with Crippen molar-refractivity contribution in [1.29, 1.82) is 0 Å². The fraction of sp³-hybridized carbons (Fsp3) is 0.513. The highest BCUT2D eigenvalue weighted by atomic mass is 35.5. The van der Waals surface area contributed by atoms with Crippen LogP contribution in [0.15, 0.2) is 59.5 Å². The highest BCUT2D eigenvalue weighted by molar-refractivity contribution is 7.90. The molecule has 2 aromatic rings. The lowest BCUT2D eigenvalue weighted by Crippen LogP contribution is -2.58. The molecular formula is C39H47Cl2N5O10S. The van der Waals surface area contributed by atoms with Crippen LogP contribution in [0.3, 0.4) is 0 Å². The summed E-state index contributed by atoms with van der Waals surface area (Å²) in [6.45, 7) is 6.00. The van der Waals surface area contributed by atoms with Gasteiger partial charge in [-0.15, -0.1) is 0 Å². The fourth-order valence-corrected chi connectivity index (χ4v) is 8.51. The number of alkyl carbamates (subject to hydrolysis) is 1. The van der Waals surface area contributed by atoms with Gasteiger partial charge in [0.25, 0.3) is 15.9 Å². The van der Waals surface area contributed by atoms with Crippen LogP contribution in [0.1, 0.15) is 70.4 Å². The molecule has 4 aliphatic rings. The maximum atomic E-state index is 14.5. The van der Waals surface area contributed by atoms with Gasteiger partial charge in [-0.25, -0.2) is 22.7 Å². The van der Waals surface area contributed by atoms with Crippen molar-refractivity contribution in [2.45, 2.75) is 107 Å². The Balaban J connectivity index is 1.27. The molecule has 0 spiro atoms. The van der Waals surface area contributed by atoms with E-state index >= 15 is 0 Å². The molecule has 5 amide bonds. The number of allylic oxidation sites excluding steroid dienone is 1. The standard InChI is InChI=1S/C39H47Cl2N5O10S/c1-4-38(2,3)56-36(50)42-31-16-18-54-17-7-5-6-10-25-20-39(25,35(49)44-57(52,53)28-14-12-26(40)13-15-28)43-33(47)32-19-27(22-46(32)34(31)48)55-37(51)45-21-24-9-8-11-30(41)29(24)23-45/h6,8-15,25,27,31-32H,4-5,7,16-23H2,1-3H3,(H,42,50)(H,43,47)(H,44,49)/b10-6-/t25-,27+,31-,32-,39+/m0/s1. The van der Waals surface area contributed by atoms with Gasteiger partial charge in [0.05, 0.1) is 18.0 Å². The number of carbonyl (C=O) groups excluding carboxylic acids is 5. The molecule has 308 valence electrons. The summed E-state index contributed by atoms with van der Waals surface area (Å²) < 4.78 is 46.0. The number of carbonyl (C=O) groups is 5. The molecule has 2 aromatic carbocycles. The average molecular weight is 849 g/mol. The summed E-state index contributed by atoms with van der Waals surface area (Å²) >= 11 is 12.3. The normalized spacial score (nSPS) is 26.0. The van der Waals surface area contributed by atoms with Gasteiger partial charge in [0, 0.05) is 48.6 Å².